The smallest absolute Gasteiger partial charge is 0.467 e. The fourth-order valence-corrected chi connectivity index (χ4v) is 5.40. The van der Waals surface area contributed by atoms with Crippen molar-refractivity contribution >= 4 is 26.6 Å². The average molecular weight is 583 g/mol. The van der Waals surface area contributed by atoms with E-state index in [2.05, 4.69) is 19.1 Å². The summed E-state index contributed by atoms with van der Waals surface area (Å²) in [6, 6.07) is 11.3. The maximum absolute atomic E-state index is 13.2. The molecule has 14 heteroatoms. The predicted molar refractivity (Wildman–Crippen MR) is 140 cm³/mol. The predicted octanol–water partition coefficient (Wildman–Crippen LogP) is 3.88. The Morgan fingerprint density at radius 1 is 1.10 bits per heavy atom. The van der Waals surface area contributed by atoms with Crippen LogP contribution < -0.4 is 18.6 Å². The molecule has 2 aromatic carbocycles. The fourth-order valence-electron chi connectivity index (χ4n) is 4.96. The van der Waals surface area contributed by atoms with Crippen molar-refractivity contribution in [2.75, 3.05) is 45.5 Å². The number of methoxy groups -OCH3 is 1. The van der Waals surface area contributed by atoms with E-state index >= 15 is 0 Å². The highest BCUT2D eigenvalue weighted by atomic mass is 32.2. The first-order valence-corrected chi connectivity index (χ1v) is 14.1. The van der Waals surface area contributed by atoms with Gasteiger partial charge in [0, 0.05) is 42.4 Å². The summed E-state index contributed by atoms with van der Waals surface area (Å²) in [5, 5.41) is 1.85. The number of hydrogen-bond donors (Lipinski definition) is 0. The van der Waals surface area contributed by atoms with Crippen LogP contribution >= 0.6 is 0 Å². The van der Waals surface area contributed by atoms with Gasteiger partial charge in [0.15, 0.2) is 6.79 Å². The van der Waals surface area contributed by atoms with Crippen molar-refractivity contribution in [3.63, 3.8) is 0 Å². The summed E-state index contributed by atoms with van der Waals surface area (Å²) in [5.41, 5.74) is -4.30. The lowest BCUT2D eigenvalue weighted by molar-refractivity contribution is -0.0502. The number of halogens is 3. The summed E-state index contributed by atoms with van der Waals surface area (Å²) < 4.78 is 84.4. The van der Waals surface area contributed by atoms with E-state index in [4.69, 9.17) is 14.2 Å². The molecule has 3 heterocycles. The molecule has 0 spiro atoms. The fraction of sp³-hybridized carbons (Fsp3) is 0.462. The van der Waals surface area contributed by atoms with Gasteiger partial charge in [0.05, 0.1) is 12.2 Å². The molecule has 216 valence electrons. The molecule has 0 bridgehead atoms. The van der Waals surface area contributed by atoms with Crippen LogP contribution in [0.4, 0.5) is 18.9 Å². The Bertz CT molecular complexity index is 1490. The Labute approximate surface area is 229 Å². The van der Waals surface area contributed by atoms with Crippen molar-refractivity contribution in [1.82, 2.24) is 14.9 Å². The Balaban J connectivity index is 1.50. The Hall–Kier alpha value is -3.36. The van der Waals surface area contributed by atoms with Crippen LogP contribution in [-0.4, -0.2) is 75.5 Å². The monoisotopic (exact) mass is 582 g/mol. The highest BCUT2D eigenvalue weighted by molar-refractivity contribution is 7.87. The normalized spacial score (nSPS) is 18.1. The second-order valence-electron chi connectivity index (χ2n) is 9.69. The van der Waals surface area contributed by atoms with Gasteiger partial charge in [-0.1, -0.05) is 24.3 Å². The third-order valence-corrected chi connectivity index (χ3v) is 8.00. The van der Waals surface area contributed by atoms with Gasteiger partial charge in [0.2, 0.25) is 5.88 Å². The van der Waals surface area contributed by atoms with E-state index in [9.17, 15) is 21.6 Å². The lowest BCUT2D eigenvalue weighted by Crippen LogP contribution is -2.34. The average Bonchev–Trinajstić information content (AvgIpc) is 3.33. The van der Waals surface area contributed by atoms with E-state index in [0.29, 0.717) is 18.0 Å². The van der Waals surface area contributed by atoms with Gasteiger partial charge >= 0.3 is 21.6 Å². The molecule has 1 atom stereocenters. The maximum atomic E-state index is 13.2. The molecular formula is C26H29F3N4O6S. The van der Waals surface area contributed by atoms with E-state index in [1.165, 1.54) is 7.11 Å². The molecule has 5 rings (SSSR count). The lowest BCUT2D eigenvalue weighted by Gasteiger charge is -2.32. The molecule has 3 aromatic rings. The van der Waals surface area contributed by atoms with Gasteiger partial charge in [-0.05, 0) is 44.3 Å². The standard InChI is InChI=1S/C26H29F3N4O6S/c1-32-10-5-7-18(32)15-37-25-30-22-14-33(11-9-21(22)24(31-25)39-40(34,35)26(27,28)29)23-13-19(38-16-36-2)12-17-6-3-4-8-20(17)23/h3-4,6,8,12-13,18H,5,7,9-11,14-16H2,1-2H3. The first-order valence-electron chi connectivity index (χ1n) is 12.7. The maximum Gasteiger partial charge on any atom is 0.534 e. The highest BCUT2D eigenvalue weighted by Crippen LogP contribution is 2.37. The number of likely N-dealkylation sites (N-methyl/N-ethyl adjacent to an activating group) is 1. The van der Waals surface area contributed by atoms with E-state index in [1.54, 1.807) is 0 Å². The van der Waals surface area contributed by atoms with Crippen molar-refractivity contribution in [2.24, 2.45) is 0 Å². The van der Waals surface area contributed by atoms with Gasteiger partial charge in [-0.15, -0.1) is 0 Å². The minimum absolute atomic E-state index is 0.0547. The van der Waals surface area contributed by atoms with Crippen LogP contribution in [-0.2, 0) is 27.8 Å². The Morgan fingerprint density at radius 3 is 2.62 bits per heavy atom. The van der Waals surface area contributed by atoms with Gasteiger partial charge in [-0.3, -0.25) is 0 Å². The lowest BCUT2D eigenvalue weighted by atomic mass is 10.0. The van der Waals surface area contributed by atoms with Crippen LogP contribution in [0.3, 0.4) is 0 Å². The number of fused-ring (bicyclic) bond motifs is 2. The SMILES string of the molecule is COCOc1cc(N2CCc3c(nc(OCC4CCCN4C)nc3OS(=O)(=O)C(F)(F)F)C2)c2ccccc2c1. The number of likely N-dealkylation sites (tertiary alicyclic amines) is 1. The van der Waals surface area contributed by atoms with Crippen molar-refractivity contribution in [2.45, 2.75) is 37.4 Å². The molecule has 2 aliphatic heterocycles. The number of ether oxygens (including phenoxy) is 3. The largest absolute Gasteiger partial charge is 0.534 e. The zero-order valence-corrected chi connectivity index (χ0v) is 22.8. The van der Waals surface area contributed by atoms with Crippen molar-refractivity contribution in [3.8, 4) is 17.6 Å². The van der Waals surface area contributed by atoms with Gasteiger partial charge in [0.1, 0.15) is 12.4 Å². The molecule has 1 aromatic heterocycles. The Morgan fingerprint density at radius 2 is 1.90 bits per heavy atom. The summed E-state index contributed by atoms with van der Waals surface area (Å²) in [6.45, 7) is 1.64. The summed E-state index contributed by atoms with van der Waals surface area (Å²) in [4.78, 5) is 12.5. The topological polar surface area (TPSA) is 103 Å². The summed E-state index contributed by atoms with van der Waals surface area (Å²) in [5.74, 6) is -0.0900. The molecule has 2 aliphatic rings. The second-order valence-corrected chi connectivity index (χ2v) is 11.2. The molecule has 0 amide bonds. The summed E-state index contributed by atoms with van der Waals surface area (Å²) in [7, 11) is -2.48. The van der Waals surface area contributed by atoms with Crippen LogP contribution in [0.25, 0.3) is 10.8 Å². The number of alkyl halides is 3. The number of benzene rings is 2. The van der Waals surface area contributed by atoms with Crippen LogP contribution in [0.15, 0.2) is 36.4 Å². The van der Waals surface area contributed by atoms with Crippen LogP contribution in [0.1, 0.15) is 24.1 Å². The van der Waals surface area contributed by atoms with E-state index in [0.717, 1.165) is 35.8 Å². The first-order chi connectivity index (χ1) is 19.1. The number of aromatic nitrogens is 2. The second kappa shape index (κ2) is 11.3. The molecule has 1 fully saturated rings. The number of rotatable bonds is 9. The van der Waals surface area contributed by atoms with Crippen molar-refractivity contribution in [1.29, 1.82) is 0 Å². The molecule has 0 N–H and O–H groups in total. The van der Waals surface area contributed by atoms with Gasteiger partial charge in [0.25, 0.3) is 0 Å². The van der Waals surface area contributed by atoms with E-state index in [-0.39, 0.29) is 44.0 Å². The number of anilines is 1. The van der Waals surface area contributed by atoms with Crippen molar-refractivity contribution in [3.05, 3.63) is 47.7 Å². The minimum atomic E-state index is -5.95. The molecule has 0 saturated carbocycles. The molecular weight excluding hydrogens is 553 g/mol. The molecule has 1 unspecified atom stereocenters. The Kier molecular flexibility index (Phi) is 7.93. The summed E-state index contributed by atoms with van der Waals surface area (Å²) >= 11 is 0. The quantitative estimate of drug-likeness (QED) is 0.210. The number of hydrogen-bond acceptors (Lipinski definition) is 10. The van der Waals surface area contributed by atoms with E-state index in [1.807, 2.05) is 48.3 Å². The van der Waals surface area contributed by atoms with Gasteiger partial charge in [-0.25, -0.2) is 0 Å². The zero-order chi connectivity index (χ0) is 28.5. The first kappa shape index (κ1) is 28.2. The van der Waals surface area contributed by atoms with Crippen molar-refractivity contribution < 1.29 is 40.0 Å². The molecule has 1 saturated heterocycles. The van der Waals surface area contributed by atoms with Gasteiger partial charge in [-0.2, -0.15) is 31.6 Å². The molecule has 0 radical (unpaired) electrons. The number of nitrogens with zero attached hydrogens (tertiary/aromatic N) is 4. The van der Waals surface area contributed by atoms with Crippen LogP contribution in [0, 0.1) is 0 Å². The third kappa shape index (κ3) is 5.88. The third-order valence-electron chi connectivity index (χ3n) is 7.05. The van der Waals surface area contributed by atoms with Crippen LogP contribution in [0.2, 0.25) is 0 Å². The molecule has 40 heavy (non-hydrogen) atoms. The highest BCUT2D eigenvalue weighted by Gasteiger charge is 2.49. The van der Waals surface area contributed by atoms with Crippen LogP contribution in [0.5, 0.6) is 17.6 Å². The minimum Gasteiger partial charge on any atom is -0.467 e. The van der Waals surface area contributed by atoms with Gasteiger partial charge < -0.3 is 28.2 Å². The zero-order valence-electron chi connectivity index (χ0n) is 22.0. The summed E-state index contributed by atoms with van der Waals surface area (Å²) in [6.07, 6.45) is 2.01. The van der Waals surface area contributed by atoms with E-state index < -0.39 is 21.5 Å². The molecule has 0 aliphatic carbocycles. The molecule has 10 nitrogen and oxygen atoms in total.